The van der Waals surface area contributed by atoms with Gasteiger partial charge >= 0.3 is 0 Å². The molecule has 1 aromatic rings. The number of hydrogen-bond donors (Lipinski definition) is 1. The Labute approximate surface area is 136 Å². The van der Waals surface area contributed by atoms with E-state index in [1.165, 1.54) is 43.9 Å². The van der Waals surface area contributed by atoms with E-state index < -0.39 is 0 Å². The average Bonchev–Trinajstić information content (AvgIpc) is 3.27. The second-order valence-electron chi connectivity index (χ2n) is 6.58. The first kappa shape index (κ1) is 15.8. The molecule has 0 saturated heterocycles. The maximum atomic E-state index is 12.2. The summed E-state index contributed by atoms with van der Waals surface area (Å²) in [6.07, 6.45) is 7.33. The van der Waals surface area contributed by atoms with Crippen LogP contribution in [0.25, 0.3) is 0 Å². The maximum absolute atomic E-state index is 12.2. The molecule has 1 aromatic heterocycles. The highest BCUT2D eigenvalue weighted by Crippen LogP contribution is 2.39. The Kier molecular flexibility index (Phi) is 5.06. The zero-order valence-electron chi connectivity index (χ0n) is 13.5. The summed E-state index contributed by atoms with van der Waals surface area (Å²) in [6, 6.07) is 0.355. The number of nitrogens with zero attached hydrogens (tertiary/aromatic N) is 3. The second-order valence-corrected chi connectivity index (χ2v) is 7.53. The van der Waals surface area contributed by atoms with E-state index >= 15 is 0 Å². The molecule has 2 aliphatic rings. The number of hydrogen-bond acceptors (Lipinski definition) is 4. The minimum absolute atomic E-state index is 0.127. The molecule has 2 aliphatic carbocycles. The molecule has 1 N–H and O–H groups in total. The molecular formula is C16H26N4OS. The van der Waals surface area contributed by atoms with Crippen molar-refractivity contribution in [1.82, 2.24) is 20.1 Å². The summed E-state index contributed by atoms with van der Waals surface area (Å²) in [5.74, 6) is 2.86. The third-order valence-corrected chi connectivity index (χ3v) is 5.76. The van der Waals surface area contributed by atoms with Crippen LogP contribution in [0.2, 0.25) is 0 Å². The Morgan fingerprint density at radius 3 is 2.73 bits per heavy atom. The van der Waals surface area contributed by atoms with Crippen LogP contribution < -0.4 is 5.32 Å². The van der Waals surface area contributed by atoms with E-state index in [0.717, 1.165) is 23.9 Å². The van der Waals surface area contributed by atoms with Crippen molar-refractivity contribution in [2.75, 3.05) is 5.75 Å². The lowest BCUT2D eigenvalue weighted by molar-refractivity contribution is -0.119. The molecule has 0 bridgehead atoms. The molecule has 1 heterocycles. The van der Waals surface area contributed by atoms with Crippen molar-refractivity contribution in [3.05, 3.63) is 5.82 Å². The van der Waals surface area contributed by atoms with Gasteiger partial charge in [0, 0.05) is 18.5 Å². The Bertz CT molecular complexity index is 526. The largest absolute Gasteiger partial charge is 0.352 e. The van der Waals surface area contributed by atoms with Crippen LogP contribution in [0.3, 0.4) is 0 Å². The predicted octanol–water partition coefficient (Wildman–Crippen LogP) is 2.96. The van der Waals surface area contributed by atoms with E-state index in [9.17, 15) is 4.79 Å². The summed E-state index contributed by atoms with van der Waals surface area (Å²) >= 11 is 1.51. The van der Waals surface area contributed by atoms with Crippen molar-refractivity contribution in [2.24, 2.45) is 5.92 Å². The molecule has 3 rings (SSSR count). The summed E-state index contributed by atoms with van der Waals surface area (Å²) in [4.78, 5) is 12.2. The molecule has 0 aliphatic heterocycles. The second kappa shape index (κ2) is 7.02. The van der Waals surface area contributed by atoms with Gasteiger partial charge in [-0.25, -0.2) is 0 Å². The van der Waals surface area contributed by atoms with Gasteiger partial charge in [-0.15, -0.1) is 10.2 Å². The Balaban J connectivity index is 1.52. The van der Waals surface area contributed by atoms with Crippen molar-refractivity contribution in [2.45, 2.75) is 76.0 Å². The molecule has 5 nitrogen and oxygen atoms in total. The van der Waals surface area contributed by atoms with E-state index in [0.29, 0.717) is 23.6 Å². The quantitative estimate of drug-likeness (QED) is 0.818. The van der Waals surface area contributed by atoms with E-state index in [4.69, 9.17) is 0 Å². The molecule has 0 unspecified atom stereocenters. The predicted molar refractivity (Wildman–Crippen MR) is 88.0 cm³/mol. The number of carbonyl (C=O) groups excluding carboxylic acids is 1. The smallest absolute Gasteiger partial charge is 0.230 e. The maximum Gasteiger partial charge on any atom is 0.230 e. The fourth-order valence-corrected chi connectivity index (χ4v) is 4.08. The van der Waals surface area contributed by atoms with Crippen LogP contribution in [0.5, 0.6) is 0 Å². The van der Waals surface area contributed by atoms with Crippen LogP contribution in [0.4, 0.5) is 0 Å². The topological polar surface area (TPSA) is 59.8 Å². The number of amides is 1. The van der Waals surface area contributed by atoms with Gasteiger partial charge in [-0.2, -0.15) is 0 Å². The van der Waals surface area contributed by atoms with E-state index in [1.54, 1.807) is 0 Å². The van der Waals surface area contributed by atoms with Crippen molar-refractivity contribution in [1.29, 1.82) is 0 Å². The van der Waals surface area contributed by atoms with E-state index in [-0.39, 0.29) is 5.91 Å². The number of aromatic nitrogens is 3. The molecule has 2 saturated carbocycles. The Morgan fingerprint density at radius 1 is 1.27 bits per heavy atom. The van der Waals surface area contributed by atoms with Crippen LogP contribution in [0.15, 0.2) is 5.16 Å². The third-order valence-electron chi connectivity index (χ3n) is 4.79. The van der Waals surface area contributed by atoms with Gasteiger partial charge in [0.2, 0.25) is 5.91 Å². The molecule has 122 valence electrons. The van der Waals surface area contributed by atoms with Crippen LogP contribution in [0.1, 0.15) is 64.1 Å². The first-order valence-electron chi connectivity index (χ1n) is 8.54. The summed E-state index contributed by atoms with van der Waals surface area (Å²) < 4.78 is 2.17. The zero-order valence-corrected chi connectivity index (χ0v) is 14.4. The average molecular weight is 322 g/mol. The number of nitrogens with one attached hydrogen (secondary N) is 1. The number of carbonyl (C=O) groups is 1. The van der Waals surface area contributed by atoms with E-state index in [1.807, 2.05) is 0 Å². The van der Waals surface area contributed by atoms with Crippen LogP contribution in [-0.4, -0.2) is 32.5 Å². The van der Waals surface area contributed by atoms with Crippen molar-refractivity contribution in [3.8, 4) is 0 Å². The highest BCUT2D eigenvalue weighted by Gasteiger charge is 2.30. The summed E-state index contributed by atoms with van der Waals surface area (Å²) in [6.45, 7) is 5.23. The van der Waals surface area contributed by atoms with Gasteiger partial charge in [0.15, 0.2) is 5.16 Å². The van der Waals surface area contributed by atoms with E-state index in [2.05, 4.69) is 33.9 Å². The molecule has 1 amide bonds. The first-order valence-corrected chi connectivity index (χ1v) is 9.52. The van der Waals surface area contributed by atoms with Gasteiger partial charge in [0.05, 0.1) is 5.75 Å². The van der Waals surface area contributed by atoms with Crippen molar-refractivity contribution >= 4 is 17.7 Å². The molecule has 2 fully saturated rings. The molecular weight excluding hydrogens is 296 g/mol. The molecule has 0 radical (unpaired) electrons. The molecule has 22 heavy (non-hydrogen) atoms. The van der Waals surface area contributed by atoms with Crippen LogP contribution in [-0.2, 0) is 11.3 Å². The van der Waals surface area contributed by atoms with Crippen LogP contribution in [0, 0.1) is 5.92 Å². The van der Waals surface area contributed by atoms with Crippen molar-refractivity contribution in [3.63, 3.8) is 0 Å². The Hall–Kier alpha value is -1.04. The fraction of sp³-hybridized carbons (Fsp3) is 0.812. The summed E-state index contributed by atoms with van der Waals surface area (Å²) in [5.41, 5.74) is 0. The first-order chi connectivity index (χ1) is 10.7. The number of rotatable bonds is 6. The lowest BCUT2D eigenvalue weighted by atomic mass is 9.86. The lowest BCUT2D eigenvalue weighted by Crippen LogP contribution is -2.41. The molecule has 6 heteroatoms. The summed E-state index contributed by atoms with van der Waals surface area (Å²) in [7, 11) is 0. The zero-order chi connectivity index (χ0) is 15.5. The highest BCUT2D eigenvalue weighted by molar-refractivity contribution is 7.99. The van der Waals surface area contributed by atoms with Crippen molar-refractivity contribution < 1.29 is 4.79 Å². The SMILES string of the molecule is CCn1c(SCC(=O)N[C@@H]2CCCC[C@H]2C)nnc1C1CC1. The molecule has 2 atom stereocenters. The summed E-state index contributed by atoms with van der Waals surface area (Å²) in [5, 5.41) is 12.7. The Morgan fingerprint density at radius 2 is 2.05 bits per heavy atom. The van der Waals surface area contributed by atoms with Gasteiger partial charge in [-0.3, -0.25) is 4.79 Å². The molecule has 0 spiro atoms. The van der Waals surface area contributed by atoms with Crippen LogP contribution >= 0.6 is 11.8 Å². The lowest BCUT2D eigenvalue weighted by Gasteiger charge is -2.29. The van der Waals surface area contributed by atoms with Gasteiger partial charge < -0.3 is 9.88 Å². The highest BCUT2D eigenvalue weighted by atomic mass is 32.2. The minimum Gasteiger partial charge on any atom is -0.352 e. The van der Waals surface area contributed by atoms with Gasteiger partial charge in [-0.05, 0) is 38.5 Å². The monoisotopic (exact) mass is 322 g/mol. The van der Waals surface area contributed by atoms with Gasteiger partial charge in [0.25, 0.3) is 0 Å². The fourth-order valence-electron chi connectivity index (χ4n) is 3.26. The standard InChI is InChI=1S/C16H26N4OS/c1-3-20-15(12-8-9-12)18-19-16(20)22-10-14(21)17-13-7-5-4-6-11(13)2/h11-13H,3-10H2,1-2H3,(H,17,21)/t11-,13-/m1/s1. The van der Waals surface area contributed by atoms with Gasteiger partial charge in [0.1, 0.15) is 5.82 Å². The third kappa shape index (κ3) is 3.65. The normalized spacial score (nSPS) is 25.2. The minimum atomic E-state index is 0.127. The number of thioether (sulfide) groups is 1. The van der Waals surface area contributed by atoms with Gasteiger partial charge in [-0.1, -0.05) is 31.5 Å². The molecule has 0 aromatic carbocycles.